The molecule has 2 heterocycles. The van der Waals surface area contributed by atoms with Crippen molar-refractivity contribution < 1.29 is 14.3 Å². The molecule has 1 atom stereocenters. The first-order valence-corrected chi connectivity index (χ1v) is 6.95. The summed E-state index contributed by atoms with van der Waals surface area (Å²) in [5, 5.41) is 2.75. The Morgan fingerprint density at radius 2 is 2.09 bits per heavy atom. The van der Waals surface area contributed by atoms with E-state index >= 15 is 0 Å². The van der Waals surface area contributed by atoms with E-state index in [-0.39, 0.29) is 18.6 Å². The maximum Gasteiger partial charge on any atom is 0.414 e. The number of ether oxygens (including phenoxy) is 1. The molecule has 1 unspecified atom stereocenters. The van der Waals surface area contributed by atoms with Gasteiger partial charge in [-0.15, -0.1) is 0 Å². The van der Waals surface area contributed by atoms with E-state index < -0.39 is 6.09 Å². The van der Waals surface area contributed by atoms with Crippen molar-refractivity contribution in [2.24, 2.45) is 0 Å². The summed E-state index contributed by atoms with van der Waals surface area (Å²) < 4.78 is 5.27. The molecule has 1 aromatic carbocycles. The van der Waals surface area contributed by atoms with Crippen molar-refractivity contribution in [3.63, 3.8) is 0 Å². The minimum Gasteiger partial charge on any atom is -0.442 e. The van der Waals surface area contributed by atoms with E-state index in [1.165, 1.54) is 6.20 Å². The number of nitrogens with one attached hydrogen (secondary N) is 1. The molecule has 2 aromatic rings. The minimum atomic E-state index is -0.396. The molecule has 0 radical (unpaired) electrons. The van der Waals surface area contributed by atoms with E-state index in [1.54, 1.807) is 23.2 Å². The van der Waals surface area contributed by atoms with E-state index in [0.29, 0.717) is 12.1 Å². The predicted molar refractivity (Wildman–Crippen MR) is 80.6 cm³/mol. The molecule has 1 aliphatic rings. The molecule has 0 saturated carbocycles. The second kappa shape index (κ2) is 6.26. The second-order valence-corrected chi connectivity index (χ2v) is 4.90. The van der Waals surface area contributed by atoms with Gasteiger partial charge in [-0.25, -0.2) is 4.79 Å². The Kier molecular flexibility index (Phi) is 4.00. The lowest BCUT2D eigenvalue weighted by molar-refractivity contribution is 0.0915. The first-order valence-electron chi connectivity index (χ1n) is 6.95. The zero-order valence-corrected chi connectivity index (χ0v) is 11.8. The summed E-state index contributed by atoms with van der Waals surface area (Å²) in [5.74, 6) is -0.234. The van der Waals surface area contributed by atoms with Gasteiger partial charge in [0.1, 0.15) is 6.10 Å². The van der Waals surface area contributed by atoms with E-state index in [9.17, 15) is 9.59 Å². The summed E-state index contributed by atoms with van der Waals surface area (Å²) in [5.41, 5.74) is 1.26. The van der Waals surface area contributed by atoms with Gasteiger partial charge in [0, 0.05) is 18.1 Å². The van der Waals surface area contributed by atoms with Gasteiger partial charge in [0.25, 0.3) is 5.91 Å². The maximum absolute atomic E-state index is 11.9. The molecule has 2 amide bonds. The topological polar surface area (TPSA) is 71.5 Å². The number of carbonyl (C=O) groups excluding carboxylic acids is 2. The molecule has 0 bridgehead atoms. The first-order chi connectivity index (χ1) is 10.7. The largest absolute Gasteiger partial charge is 0.442 e. The third-order valence-corrected chi connectivity index (χ3v) is 3.36. The van der Waals surface area contributed by atoms with E-state index in [4.69, 9.17) is 4.74 Å². The lowest BCUT2D eigenvalue weighted by atomic mass is 10.2. The van der Waals surface area contributed by atoms with Gasteiger partial charge in [-0.05, 0) is 24.3 Å². The van der Waals surface area contributed by atoms with Crippen LogP contribution in [0, 0.1) is 0 Å². The second-order valence-electron chi connectivity index (χ2n) is 4.90. The molecule has 22 heavy (non-hydrogen) atoms. The number of aromatic nitrogens is 1. The number of amides is 2. The number of anilines is 1. The highest BCUT2D eigenvalue weighted by atomic mass is 16.6. The zero-order chi connectivity index (χ0) is 15.4. The van der Waals surface area contributed by atoms with Crippen LogP contribution in [0.4, 0.5) is 10.5 Å². The lowest BCUT2D eigenvalue weighted by Crippen LogP contribution is -2.34. The number of rotatable bonds is 4. The quantitative estimate of drug-likeness (QED) is 0.934. The molecule has 3 rings (SSSR count). The summed E-state index contributed by atoms with van der Waals surface area (Å²) in [6.07, 6.45) is 2.33. The minimum absolute atomic E-state index is 0.234. The Labute approximate surface area is 127 Å². The molecule has 1 saturated heterocycles. The Hall–Kier alpha value is -2.89. The number of hydrogen-bond donors (Lipinski definition) is 1. The van der Waals surface area contributed by atoms with Crippen LogP contribution in [0.5, 0.6) is 0 Å². The first kappa shape index (κ1) is 14.1. The van der Waals surface area contributed by atoms with Crippen LogP contribution < -0.4 is 10.2 Å². The van der Waals surface area contributed by atoms with E-state index in [2.05, 4.69) is 10.3 Å². The van der Waals surface area contributed by atoms with Gasteiger partial charge in [-0.3, -0.25) is 14.7 Å². The van der Waals surface area contributed by atoms with Gasteiger partial charge in [0.15, 0.2) is 0 Å². The van der Waals surface area contributed by atoms with Gasteiger partial charge < -0.3 is 10.1 Å². The fourth-order valence-electron chi connectivity index (χ4n) is 2.25. The molecule has 1 aromatic heterocycles. The highest BCUT2D eigenvalue weighted by Gasteiger charge is 2.32. The molecule has 1 N–H and O–H groups in total. The average Bonchev–Trinajstić information content (AvgIpc) is 2.95. The Balaban J connectivity index is 1.57. The molecule has 6 nitrogen and oxygen atoms in total. The Bertz CT molecular complexity index is 661. The van der Waals surface area contributed by atoms with Crippen molar-refractivity contribution in [1.29, 1.82) is 0 Å². The third kappa shape index (κ3) is 3.06. The summed E-state index contributed by atoms with van der Waals surface area (Å²) in [4.78, 5) is 29.3. The molecular formula is C16H15N3O3. The van der Waals surface area contributed by atoms with Crippen molar-refractivity contribution in [3.8, 4) is 0 Å². The summed E-state index contributed by atoms with van der Waals surface area (Å²) in [6.45, 7) is 0.680. The van der Waals surface area contributed by atoms with Gasteiger partial charge in [-0.2, -0.15) is 0 Å². The predicted octanol–water partition coefficient (Wildman–Crippen LogP) is 1.84. The summed E-state index contributed by atoms with van der Waals surface area (Å²) in [6, 6.07) is 12.7. The van der Waals surface area contributed by atoms with Crippen LogP contribution in [0.2, 0.25) is 0 Å². The van der Waals surface area contributed by atoms with Crippen molar-refractivity contribution in [2.75, 3.05) is 18.0 Å². The van der Waals surface area contributed by atoms with Gasteiger partial charge >= 0.3 is 6.09 Å². The molecule has 0 spiro atoms. The molecule has 1 fully saturated rings. The van der Waals surface area contributed by atoms with Crippen LogP contribution >= 0.6 is 0 Å². The summed E-state index contributed by atoms with van der Waals surface area (Å²) >= 11 is 0. The van der Waals surface area contributed by atoms with Gasteiger partial charge in [-0.1, -0.05) is 18.2 Å². The normalized spacial score (nSPS) is 17.2. The van der Waals surface area contributed by atoms with E-state index in [1.807, 2.05) is 30.3 Å². The van der Waals surface area contributed by atoms with Crippen LogP contribution in [0.1, 0.15) is 10.4 Å². The van der Waals surface area contributed by atoms with Gasteiger partial charge in [0.05, 0.1) is 18.7 Å². The fraction of sp³-hybridized carbons (Fsp3) is 0.188. The summed E-state index contributed by atoms with van der Waals surface area (Å²) in [7, 11) is 0. The molecule has 1 aliphatic heterocycles. The standard InChI is InChI=1S/C16H15N3O3/c20-15(12-5-4-8-17-9-12)18-10-14-11-19(16(21)22-14)13-6-2-1-3-7-13/h1-9,14H,10-11H2,(H,18,20). The van der Waals surface area contributed by atoms with Crippen LogP contribution in [-0.4, -0.2) is 36.2 Å². The van der Waals surface area contributed by atoms with E-state index in [0.717, 1.165) is 5.69 Å². The Morgan fingerprint density at radius 1 is 1.27 bits per heavy atom. The van der Waals surface area contributed by atoms with Crippen LogP contribution in [0.15, 0.2) is 54.9 Å². The average molecular weight is 297 g/mol. The number of benzene rings is 1. The van der Waals surface area contributed by atoms with Crippen LogP contribution in [0.25, 0.3) is 0 Å². The monoisotopic (exact) mass is 297 g/mol. The number of pyridine rings is 1. The van der Waals surface area contributed by atoms with Crippen molar-refractivity contribution in [1.82, 2.24) is 10.3 Å². The smallest absolute Gasteiger partial charge is 0.414 e. The van der Waals surface area contributed by atoms with Crippen molar-refractivity contribution in [2.45, 2.75) is 6.10 Å². The van der Waals surface area contributed by atoms with Crippen molar-refractivity contribution in [3.05, 3.63) is 60.4 Å². The molecular weight excluding hydrogens is 282 g/mol. The highest BCUT2D eigenvalue weighted by Crippen LogP contribution is 2.20. The van der Waals surface area contributed by atoms with Crippen molar-refractivity contribution >= 4 is 17.7 Å². The molecule has 0 aliphatic carbocycles. The third-order valence-electron chi connectivity index (χ3n) is 3.36. The number of nitrogens with zero attached hydrogens (tertiary/aromatic N) is 2. The Morgan fingerprint density at radius 3 is 2.82 bits per heavy atom. The number of para-hydroxylation sites is 1. The lowest BCUT2D eigenvalue weighted by Gasteiger charge is -2.12. The zero-order valence-electron chi connectivity index (χ0n) is 11.8. The molecule has 6 heteroatoms. The number of cyclic esters (lactones) is 1. The maximum atomic E-state index is 11.9. The number of carbonyl (C=O) groups is 2. The highest BCUT2D eigenvalue weighted by molar-refractivity contribution is 5.94. The van der Waals surface area contributed by atoms with Crippen LogP contribution in [0.3, 0.4) is 0 Å². The van der Waals surface area contributed by atoms with Crippen LogP contribution in [-0.2, 0) is 4.74 Å². The fourth-order valence-corrected chi connectivity index (χ4v) is 2.25. The molecule has 112 valence electrons. The van der Waals surface area contributed by atoms with Gasteiger partial charge in [0.2, 0.25) is 0 Å². The number of hydrogen-bond acceptors (Lipinski definition) is 4. The SMILES string of the molecule is O=C(NCC1CN(c2ccccc2)C(=O)O1)c1cccnc1.